The van der Waals surface area contributed by atoms with Gasteiger partial charge in [-0.05, 0) is 31.2 Å². The van der Waals surface area contributed by atoms with Gasteiger partial charge in [-0.3, -0.25) is 14.5 Å². The van der Waals surface area contributed by atoms with Crippen molar-refractivity contribution in [1.82, 2.24) is 10.2 Å². The lowest BCUT2D eigenvalue weighted by molar-refractivity contribution is -0.274. The molecule has 0 bridgehead atoms. The molecule has 0 saturated heterocycles. The largest absolute Gasteiger partial charge is 0.573 e. The molecule has 1 aromatic rings. The van der Waals surface area contributed by atoms with Crippen molar-refractivity contribution in [3.05, 3.63) is 29.8 Å². The number of halogens is 3. The molecule has 2 amide bonds. The number of carbonyl (C=O) groups excluding carboxylic acids is 2. The molecular weight excluding hydrogens is 315 g/mol. The lowest BCUT2D eigenvalue weighted by Crippen LogP contribution is -2.39. The Morgan fingerprint density at radius 2 is 1.83 bits per heavy atom. The first-order valence-electron chi connectivity index (χ1n) is 6.74. The number of carbonyl (C=O) groups is 2. The van der Waals surface area contributed by atoms with Gasteiger partial charge >= 0.3 is 6.36 Å². The maximum absolute atomic E-state index is 12.0. The van der Waals surface area contributed by atoms with Crippen LogP contribution in [-0.2, 0) is 16.0 Å². The Morgan fingerprint density at radius 1 is 1.22 bits per heavy atom. The Kier molecular flexibility index (Phi) is 6.83. The molecule has 0 radical (unpaired) electrons. The van der Waals surface area contributed by atoms with Gasteiger partial charge in [-0.1, -0.05) is 12.1 Å². The van der Waals surface area contributed by atoms with Crippen molar-refractivity contribution in [3.8, 4) is 5.75 Å². The van der Waals surface area contributed by atoms with E-state index < -0.39 is 12.3 Å². The third kappa shape index (κ3) is 8.67. The van der Waals surface area contributed by atoms with Gasteiger partial charge in [0.2, 0.25) is 11.8 Å². The van der Waals surface area contributed by atoms with E-state index >= 15 is 0 Å². The molecule has 0 atom stereocenters. The van der Waals surface area contributed by atoms with Crippen molar-refractivity contribution < 1.29 is 27.5 Å². The number of likely N-dealkylation sites (N-methyl/N-ethyl adjacent to an activating group) is 1. The summed E-state index contributed by atoms with van der Waals surface area (Å²) in [5.41, 5.74) is 5.76. The summed E-state index contributed by atoms with van der Waals surface area (Å²) in [4.78, 5) is 23.7. The molecular formula is C14H18F3N3O3. The fourth-order valence-electron chi connectivity index (χ4n) is 1.83. The Morgan fingerprint density at radius 3 is 2.35 bits per heavy atom. The molecule has 0 aliphatic rings. The Balaban J connectivity index is 2.33. The third-order valence-corrected chi connectivity index (χ3v) is 2.73. The molecule has 128 valence electrons. The molecule has 1 rings (SSSR count). The Bertz CT molecular complexity index is 532. The minimum absolute atomic E-state index is 0.0198. The highest BCUT2D eigenvalue weighted by atomic mass is 19.4. The van der Waals surface area contributed by atoms with Crippen LogP contribution in [0, 0.1) is 0 Å². The molecule has 3 N–H and O–H groups in total. The van der Waals surface area contributed by atoms with Crippen LogP contribution in [-0.4, -0.2) is 49.8 Å². The molecule has 9 heteroatoms. The fourth-order valence-corrected chi connectivity index (χ4v) is 1.83. The van der Waals surface area contributed by atoms with Crippen molar-refractivity contribution in [3.63, 3.8) is 0 Å². The van der Waals surface area contributed by atoms with Gasteiger partial charge in [0.15, 0.2) is 0 Å². The van der Waals surface area contributed by atoms with Crippen LogP contribution in [0.4, 0.5) is 13.2 Å². The number of rotatable bonds is 8. The highest BCUT2D eigenvalue weighted by Crippen LogP contribution is 2.22. The minimum Gasteiger partial charge on any atom is -0.406 e. The topological polar surface area (TPSA) is 84.7 Å². The zero-order valence-corrected chi connectivity index (χ0v) is 12.5. The van der Waals surface area contributed by atoms with Gasteiger partial charge < -0.3 is 15.8 Å². The third-order valence-electron chi connectivity index (χ3n) is 2.73. The summed E-state index contributed by atoms with van der Waals surface area (Å²) in [6.07, 6.45) is -4.26. The van der Waals surface area contributed by atoms with E-state index in [-0.39, 0.29) is 24.7 Å². The number of hydrogen-bond donors (Lipinski definition) is 2. The zero-order valence-electron chi connectivity index (χ0n) is 12.5. The van der Waals surface area contributed by atoms with E-state index in [1.54, 1.807) is 7.05 Å². The van der Waals surface area contributed by atoms with Gasteiger partial charge in [-0.25, -0.2) is 0 Å². The number of amides is 2. The first-order chi connectivity index (χ1) is 10.7. The molecule has 0 saturated carbocycles. The van der Waals surface area contributed by atoms with Crippen LogP contribution in [0.25, 0.3) is 0 Å². The van der Waals surface area contributed by atoms with Crippen molar-refractivity contribution in [2.24, 2.45) is 5.73 Å². The molecule has 0 spiro atoms. The zero-order chi connectivity index (χ0) is 17.5. The smallest absolute Gasteiger partial charge is 0.406 e. The van der Waals surface area contributed by atoms with Crippen LogP contribution >= 0.6 is 0 Å². The monoisotopic (exact) mass is 333 g/mol. The van der Waals surface area contributed by atoms with Crippen molar-refractivity contribution in [1.29, 1.82) is 0 Å². The highest BCUT2D eigenvalue weighted by molar-refractivity contribution is 5.80. The predicted molar refractivity (Wildman–Crippen MR) is 76.5 cm³/mol. The van der Waals surface area contributed by atoms with Gasteiger partial charge in [-0.15, -0.1) is 13.2 Å². The second kappa shape index (κ2) is 8.37. The van der Waals surface area contributed by atoms with Gasteiger partial charge in [0, 0.05) is 6.54 Å². The fraction of sp³-hybridized carbons (Fsp3) is 0.429. The van der Waals surface area contributed by atoms with E-state index in [9.17, 15) is 22.8 Å². The summed E-state index contributed by atoms with van der Waals surface area (Å²) < 4.78 is 39.8. The quantitative estimate of drug-likeness (QED) is 0.732. The van der Waals surface area contributed by atoms with Crippen molar-refractivity contribution in [2.45, 2.75) is 12.8 Å². The number of primary amides is 1. The number of nitrogens with one attached hydrogen (secondary N) is 1. The van der Waals surface area contributed by atoms with Crippen molar-refractivity contribution in [2.75, 3.05) is 26.7 Å². The SMILES string of the molecule is CN(CC(N)=O)CC(=O)NCCc1ccc(OC(F)(F)F)cc1. The summed E-state index contributed by atoms with van der Waals surface area (Å²) in [5, 5.41) is 2.64. The van der Waals surface area contributed by atoms with Crippen LogP contribution < -0.4 is 15.8 Å². The lowest BCUT2D eigenvalue weighted by atomic mass is 10.1. The van der Waals surface area contributed by atoms with Crippen LogP contribution in [0.2, 0.25) is 0 Å². The van der Waals surface area contributed by atoms with Crippen LogP contribution in [0.1, 0.15) is 5.56 Å². The molecule has 6 nitrogen and oxygen atoms in total. The van der Waals surface area contributed by atoms with E-state index in [1.165, 1.54) is 29.2 Å². The second-order valence-electron chi connectivity index (χ2n) is 4.93. The van der Waals surface area contributed by atoms with Crippen LogP contribution in [0.15, 0.2) is 24.3 Å². The first kappa shape index (κ1) is 18.8. The van der Waals surface area contributed by atoms with E-state index in [0.717, 1.165) is 5.56 Å². The van der Waals surface area contributed by atoms with Crippen LogP contribution in [0.5, 0.6) is 5.75 Å². The summed E-state index contributed by atoms with van der Waals surface area (Å²) >= 11 is 0. The van der Waals surface area contributed by atoms with Gasteiger partial charge in [-0.2, -0.15) is 0 Å². The molecule has 0 heterocycles. The average molecular weight is 333 g/mol. The number of benzene rings is 1. The normalized spacial score (nSPS) is 11.3. The summed E-state index contributed by atoms with van der Waals surface area (Å²) in [6.45, 7) is 0.331. The molecule has 23 heavy (non-hydrogen) atoms. The first-order valence-corrected chi connectivity index (χ1v) is 6.74. The molecule has 0 fully saturated rings. The maximum Gasteiger partial charge on any atom is 0.573 e. The minimum atomic E-state index is -4.72. The molecule has 0 aliphatic heterocycles. The second-order valence-corrected chi connectivity index (χ2v) is 4.93. The molecule has 0 aromatic heterocycles. The molecule has 0 aliphatic carbocycles. The Labute approximate surface area is 131 Å². The number of nitrogens with two attached hydrogens (primary N) is 1. The summed E-state index contributed by atoms with van der Waals surface area (Å²) in [6, 6.07) is 5.41. The highest BCUT2D eigenvalue weighted by Gasteiger charge is 2.30. The lowest BCUT2D eigenvalue weighted by Gasteiger charge is -2.14. The van der Waals surface area contributed by atoms with Gasteiger partial charge in [0.25, 0.3) is 0 Å². The number of nitrogens with zero attached hydrogens (tertiary/aromatic N) is 1. The van der Waals surface area contributed by atoms with E-state index in [2.05, 4.69) is 10.1 Å². The van der Waals surface area contributed by atoms with Gasteiger partial charge in [0.1, 0.15) is 5.75 Å². The Hall–Kier alpha value is -2.29. The maximum atomic E-state index is 12.0. The van der Waals surface area contributed by atoms with E-state index in [0.29, 0.717) is 13.0 Å². The summed E-state index contributed by atoms with van der Waals surface area (Å²) in [7, 11) is 1.59. The van der Waals surface area contributed by atoms with Crippen molar-refractivity contribution >= 4 is 11.8 Å². The predicted octanol–water partition coefficient (Wildman–Crippen LogP) is 0.661. The van der Waals surface area contributed by atoms with Crippen LogP contribution in [0.3, 0.4) is 0 Å². The number of ether oxygens (including phenoxy) is 1. The number of alkyl halides is 3. The van der Waals surface area contributed by atoms with Gasteiger partial charge in [0.05, 0.1) is 13.1 Å². The molecule has 1 aromatic carbocycles. The average Bonchev–Trinajstić information content (AvgIpc) is 2.37. The summed E-state index contributed by atoms with van der Waals surface area (Å²) in [5.74, 6) is -1.09. The number of hydrogen-bond acceptors (Lipinski definition) is 4. The molecule has 0 unspecified atom stereocenters. The van der Waals surface area contributed by atoms with E-state index in [4.69, 9.17) is 5.73 Å². The standard InChI is InChI=1S/C14H18F3N3O3/c1-20(8-12(18)21)9-13(22)19-7-6-10-2-4-11(5-3-10)23-14(15,16)17/h2-5H,6-9H2,1H3,(H2,18,21)(H,19,22). The van der Waals surface area contributed by atoms with E-state index in [1.807, 2.05) is 0 Å².